The molecular weight excluding hydrogens is 458 g/mol. The Kier molecular flexibility index (Phi) is 8.05. The van der Waals surface area contributed by atoms with E-state index in [2.05, 4.69) is 87.2 Å². The van der Waals surface area contributed by atoms with Crippen molar-refractivity contribution in [3.8, 4) is 17.2 Å². The van der Waals surface area contributed by atoms with Crippen LogP contribution in [0.3, 0.4) is 0 Å². The third-order valence-electron chi connectivity index (χ3n) is 8.20. The number of hydrogen-bond acceptors (Lipinski definition) is 4. The highest BCUT2D eigenvalue weighted by molar-refractivity contribution is 5.53. The predicted octanol–water partition coefficient (Wildman–Crippen LogP) is 7.76. The zero-order valence-electron chi connectivity index (χ0n) is 22.9. The Morgan fingerprint density at radius 3 is 2.38 bits per heavy atom. The van der Waals surface area contributed by atoms with Crippen molar-refractivity contribution in [3.63, 3.8) is 0 Å². The smallest absolute Gasteiger partial charge is 0.231 e. The standard InChI is InChI=1S/C33H41NO3/c1-5-8-18-35-28-14-12-26(13-15-28)31-19-27(29-16-17-32-33(23(29)4)37-22-36-32)20-34(31)21-30-24(6-2)10-9-11-25(30)7-3/h9-17,27,31H,5-8,18-22H2,1-4H3/t27?,31-/m1/s1. The molecule has 4 nitrogen and oxygen atoms in total. The summed E-state index contributed by atoms with van der Waals surface area (Å²) in [5, 5.41) is 0. The van der Waals surface area contributed by atoms with Gasteiger partial charge in [-0.25, -0.2) is 0 Å². The summed E-state index contributed by atoms with van der Waals surface area (Å²) >= 11 is 0. The molecule has 4 heteroatoms. The van der Waals surface area contributed by atoms with Gasteiger partial charge in [-0.15, -0.1) is 0 Å². The van der Waals surface area contributed by atoms with E-state index in [4.69, 9.17) is 14.2 Å². The minimum absolute atomic E-state index is 0.319. The van der Waals surface area contributed by atoms with Gasteiger partial charge in [0.05, 0.1) is 6.61 Å². The number of hydrogen-bond donors (Lipinski definition) is 0. The summed E-state index contributed by atoms with van der Waals surface area (Å²) in [6, 6.07) is 20.4. The molecule has 0 radical (unpaired) electrons. The van der Waals surface area contributed by atoms with Crippen molar-refractivity contribution in [2.75, 3.05) is 19.9 Å². The van der Waals surface area contributed by atoms with Gasteiger partial charge in [0.2, 0.25) is 6.79 Å². The van der Waals surface area contributed by atoms with E-state index in [1.807, 2.05) is 0 Å². The highest BCUT2D eigenvalue weighted by Crippen LogP contribution is 2.46. The van der Waals surface area contributed by atoms with Crippen molar-refractivity contribution < 1.29 is 14.2 Å². The largest absolute Gasteiger partial charge is 0.494 e. The second-order valence-corrected chi connectivity index (χ2v) is 10.4. The van der Waals surface area contributed by atoms with Crippen LogP contribution in [0.5, 0.6) is 17.2 Å². The monoisotopic (exact) mass is 499 g/mol. The first kappa shape index (κ1) is 25.7. The number of nitrogens with zero attached hydrogens (tertiary/aromatic N) is 1. The van der Waals surface area contributed by atoms with E-state index in [-0.39, 0.29) is 0 Å². The number of rotatable bonds is 10. The van der Waals surface area contributed by atoms with E-state index in [0.29, 0.717) is 18.8 Å². The molecule has 0 saturated carbocycles. The molecule has 196 valence electrons. The Bertz CT molecular complexity index is 1180. The lowest BCUT2D eigenvalue weighted by atomic mass is 9.90. The molecule has 1 fully saturated rings. The summed E-state index contributed by atoms with van der Waals surface area (Å²) in [6.45, 7) is 12.0. The fourth-order valence-electron chi connectivity index (χ4n) is 6.10. The van der Waals surface area contributed by atoms with Crippen molar-refractivity contribution in [3.05, 3.63) is 88.0 Å². The van der Waals surface area contributed by atoms with Gasteiger partial charge < -0.3 is 14.2 Å². The van der Waals surface area contributed by atoms with Gasteiger partial charge in [-0.05, 0) is 90.1 Å². The van der Waals surface area contributed by atoms with Crippen LogP contribution < -0.4 is 14.2 Å². The third kappa shape index (κ3) is 5.36. The molecule has 2 aliphatic heterocycles. The van der Waals surface area contributed by atoms with Gasteiger partial charge in [-0.1, -0.05) is 63.6 Å². The van der Waals surface area contributed by atoms with Crippen LogP contribution in [0.1, 0.15) is 85.4 Å². The first-order chi connectivity index (χ1) is 18.1. The van der Waals surface area contributed by atoms with Gasteiger partial charge in [0, 0.05) is 19.1 Å². The maximum Gasteiger partial charge on any atom is 0.231 e. The number of unbranched alkanes of at least 4 members (excludes halogenated alkanes) is 1. The van der Waals surface area contributed by atoms with Gasteiger partial charge in [0.1, 0.15) is 5.75 Å². The fraction of sp³-hybridized carbons (Fsp3) is 0.455. The first-order valence-electron chi connectivity index (χ1n) is 14.1. The minimum atomic E-state index is 0.319. The molecule has 2 atom stereocenters. The van der Waals surface area contributed by atoms with Crippen LogP contribution in [-0.4, -0.2) is 24.8 Å². The summed E-state index contributed by atoms with van der Waals surface area (Å²) in [4.78, 5) is 2.70. The fourth-order valence-corrected chi connectivity index (χ4v) is 6.10. The van der Waals surface area contributed by atoms with Gasteiger partial charge in [-0.3, -0.25) is 4.90 Å². The Hall–Kier alpha value is -2.98. The Balaban J connectivity index is 1.45. The van der Waals surface area contributed by atoms with Crippen LogP contribution in [0.15, 0.2) is 54.6 Å². The lowest BCUT2D eigenvalue weighted by Crippen LogP contribution is -2.25. The molecule has 2 heterocycles. The van der Waals surface area contributed by atoms with Crippen LogP contribution in [-0.2, 0) is 19.4 Å². The number of fused-ring (bicyclic) bond motifs is 1. The molecule has 0 spiro atoms. The summed E-state index contributed by atoms with van der Waals surface area (Å²) in [5.41, 5.74) is 8.44. The van der Waals surface area contributed by atoms with Gasteiger partial charge in [-0.2, -0.15) is 0 Å². The van der Waals surface area contributed by atoms with Crippen LogP contribution in [0.4, 0.5) is 0 Å². The molecule has 0 aromatic heterocycles. The average molecular weight is 500 g/mol. The van der Waals surface area contributed by atoms with Crippen molar-refractivity contribution >= 4 is 0 Å². The Morgan fingerprint density at radius 1 is 0.919 bits per heavy atom. The predicted molar refractivity (Wildman–Crippen MR) is 150 cm³/mol. The minimum Gasteiger partial charge on any atom is -0.494 e. The van der Waals surface area contributed by atoms with E-state index in [0.717, 1.165) is 69.0 Å². The molecule has 3 aromatic rings. The zero-order chi connectivity index (χ0) is 25.8. The molecule has 2 aliphatic rings. The second-order valence-electron chi connectivity index (χ2n) is 10.4. The van der Waals surface area contributed by atoms with E-state index in [1.54, 1.807) is 0 Å². The van der Waals surface area contributed by atoms with Crippen LogP contribution in [0.25, 0.3) is 0 Å². The number of likely N-dealkylation sites (tertiary alicyclic amines) is 1. The highest BCUT2D eigenvalue weighted by atomic mass is 16.7. The van der Waals surface area contributed by atoms with Gasteiger partial charge >= 0.3 is 0 Å². The molecule has 37 heavy (non-hydrogen) atoms. The van der Waals surface area contributed by atoms with E-state index in [1.165, 1.54) is 33.4 Å². The van der Waals surface area contributed by atoms with Crippen LogP contribution in [0.2, 0.25) is 0 Å². The number of benzene rings is 3. The maximum atomic E-state index is 5.96. The molecule has 0 amide bonds. The molecular formula is C33H41NO3. The summed E-state index contributed by atoms with van der Waals surface area (Å²) in [5.74, 6) is 3.20. The van der Waals surface area contributed by atoms with Gasteiger partial charge in [0.15, 0.2) is 11.5 Å². The Morgan fingerprint density at radius 2 is 1.68 bits per heavy atom. The number of aryl methyl sites for hydroxylation is 2. The van der Waals surface area contributed by atoms with Crippen molar-refractivity contribution in [2.24, 2.45) is 0 Å². The summed E-state index contributed by atoms with van der Waals surface area (Å²) in [6.07, 6.45) is 5.46. The van der Waals surface area contributed by atoms with Crippen LogP contribution >= 0.6 is 0 Å². The van der Waals surface area contributed by atoms with Gasteiger partial charge in [0.25, 0.3) is 0 Å². The topological polar surface area (TPSA) is 30.9 Å². The van der Waals surface area contributed by atoms with Crippen molar-refractivity contribution in [1.82, 2.24) is 4.90 Å². The molecule has 1 unspecified atom stereocenters. The molecule has 0 aliphatic carbocycles. The number of ether oxygens (including phenoxy) is 3. The van der Waals surface area contributed by atoms with E-state index >= 15 is 0 Å². The normalized spacial score (nSPS) is 18.9. The highest BCUT2D eigenvalue weighted by Gasteiger charge is 2.36. The summed E-state index contributed by atoms with van der Waals surface area (Å²) < 4.78 is 17.4. The zero-order valence-corrected chi connectivity index (χ0v) is 22.9. The van der Waals surface area contributed by atoms with E-state index < -0.39 is 0 Å². The van der Waals surface area contributed by atoms with Crippen LogP contribution in [0, 0.1) is 6.92 Å². The van der Waals surface area contributed by atoms with Crippen molar-refractivity contribution in [1.29, 1.82) is 0 Å². The molecule has 1 saturated heterocycles. The Labute approximate surface area is 222 Å². The second kappa shape index (κ2) is 11.6. The lowest BCUT2D eigenvalue weighted by molar-refractivity contribution is 0.173. The molecule has 5 rings (SSSR count). The van der Waals surface area contributed by atoms with E-state index in [9.17, 15) is 0 Å². The molecule has 0 N–H and O–H groups in total. The maximum absolute atomic E-state index is 5.96. The summed E-state index contributed by atoms with van der Waals surface area (Å²) in [7, 11) is 0. The van der Waals surface area contributed by atoms with Crippen molar-refractivity contribution in [2.45, 2.75) is 78.3 Å². The SMILES string of the molecule is CCCCOc1ccc([C@H]2CC(c3ccc4c(c3C)OCO4)CN2Cc2c(CC)cccc2CC)cc1. The molecule has 3 aromatic carbocycles. The quantitative estimate of drug-likeness (QED) is 0.267. The third-order valence-corrected chi connectivity index (χ3v) is 8.20. The lowest BCUT2D eigenvalue weighted by Gasteiger charge is -2.27. The first-order valence-corrected chi connectivity index (χ1v) is 14.1. The average Bonchev–Trinajstić information content (AvgIpc) is 3.57. The molecule has 0 bridgehead atoms.